The molecule has 4 unspecified atom stereocenters. The van der Waals surface area contributed by atoms with E-state index in [1.54, 1.807) is 0 Å². The number of fused-ring (bicyclic) bond motifs is 4. The molecule has 4 aliphatic heterocycles. The Balaban J connectivity index is 0.000000121. The Hall–Kier alpha value is -0.160. The van der Waals surface area contributed by atoms with E-state index in [9.17, 15) is 0 Å². The normalized spacial score (nSPS) is 53.4. The molecule has 0 aromatic carbocycles. The van der Waals surface area contributed by atoms with E-state index in [-0.39, 0.29) is 22.8 Å². The lowest BCUT2D eigenvalue weighted by Crippen LogP contribution is -2.37. The van der Waals surface area contributed by atoms with Crippen molar-refractivity contribution >= 4 is 0 Å². The Morgan fingerprint density at radius 2 is 1.00 bits per heavy atom. The zero-order valence-corrected chi connectivity index (χ0v) is 13.3. The SMILES string of the molecule is CC12CCCC(C)(OC1)O2.CC12CCCC(C)(OC1)O2. The maximum atomic E-state index is 5.75. The zero-order chi connectivity index (χ0) is 14.5. The Bertz CT molecular complexity index is 319. The van der Waals surface area contributed by atoms with Crippen LogP contribution in [0.15, 0.2) is 0 Å². The van der Waals surface area contributed by atoms with Crippen LogP contribution in [0.3, 0.4) is 0 Å². The van der Waals surface area contributed by atoms with Crippen LogP contribution in [0.5, 0.6) is 0 Å². The van der Waals surface area contributed by atoms with Gasteiger partial charge < -0.3 is 18.9 Å². The molecule has 0 amide bonds. The molecule has 0 aliphatic carbocycles. The molecule has 0 saturated carbocycles. The standard InChI is InChI=1S/2C8H14O2/c2*1-7-4-3-5-8(2,10-7)9-6-7/h2*3-6H2,1-2H3. The largest absolute Gasteiger partial charge is 0.347 e. The van der Waals surface area contributed by atoms with Crippen LogP contribution in [-0.4, -0.2) is 36.0 Å². The van der Waals surface area contributed by atoms with E-state index in [0.717, 1.165) is 38.9 Å². The molecular formula is C16H28O4. The van der Waals surface area contributed by atoms with E-state index in [0.29, 0.717) is 0 Å². The molecule has 0 radical (unpaired) electrons. The first kappa shape index (κ1) is 14.8. The van der Waals surface area contributed by atoms with Crippen molar-refractivity contribution in [2.45, 2.75) is 89.0 Å². The molecule has 116 valence electrons. The first-order valence-corrected chi connectivity index (χ1v) is 7.92. The molecule has 4 heterocycles. The van der Waals surface area contributed by atoms with Crippen molar-refractivity contribution in [1.29, 1.82) is 0 Å². The summed E-state index contributed by atoms with van der Waals surface area (Å²) in [4.78, 5) is 0. The van der Waals surface area contributed by atoms with E-state index in [1.807, 2.05) is 13.8 Å². The molecule has 4 fully saturated rings. The minimum absolute atomic E-state index is 0.0347. The highest BCUT2D eigenvalue weighted by Crippen LogP contribution is 2.43. The van der Waals surface area contributed by atoms with Gasteiger partial charge in [0.05, 0.1) is 24.4 Å². The maximum Gasteiger partial charge on any atom is 0.166 e. The highest BCUT2D eigenvalue weighted by molar-refractivity contribution is 4.90. The predicted octanol–water partition coefficient (Wildman–Crippen LogP) is 3.38. The second-order valence-corrected chi connectivity index (χ2v) is 7.66. The topological polar surface area (TPSA) is 36.9 Å². The lowest BCUT2D eigenvalue weighted by molar-refractivity contribution is -0.195. The highest BCUT2D eigenvalue weighted by Gasteiger charge is 2.48. The summed E-state index contributed by atoms with van der Waals surface area (Å²) in [5, 5.41) is 0. The van der Waals surface area contributed by atoms with Gasteiger partial charge >= 0.3 is 0 Å². The van der Waals surface area contributed by atoms with Gasteiger partial charge in [-0.3, -0.25) is 0 Å². The Morgan fingerprint density at radius 1 is 0.600 bits per heavy atom. The highest BCUT2D eigenvalue weighted by atomic mass is 16.8. The van der Waals surface area contributed by atoms with Crippen molar-refractivity contribution in [1.82, 2.24) is 0 Å². The molecule has 4 rings (SSSR count). The van der Waals surface area contributed by atoms with Crippen LogP contribution in [0, 0.1) is 0 Å². The summed E-state index contributed by atoms with van der Waals surface area (Å²) in [7, 11) is 0. The maximum absolute atomic E-state index is 5.75. The molecule has 4 saturated heterocycles. The van der Waals surface area contributed by atoms with Gasteiger partial charge in [-0.25, -0.2) is 0 Å². The van der Waals surface area contributed by atoms with Gasteiger partial charge in [0.2, 0.25) is 0 Å². The molecule has 0 aromatic rings. The number of ether oxygens (including phenoxy) is 4. The van der Waals surface area contributed by atoms with Crippen molar-refractivity contribution in [3.63, 3.8) is 0 Å². The average Bonchev–Trinajstić information content (AvgIpc) is 2.69. The predicted molar refractivity (Wildman–Crippen MR) is 75.4 cm³/mol. The van der Waals surface area contributed by atoms with Gasteiger partial charge in [0.15, 0.2) is 11.6 Å². The third kappa shape index (κ3) is 2.89. The minimum atomic E-state index is -0.243. The fourth-order valence-electron chi connectivity index (χ4n) is 3.83. The molecule has 4 bridgehead atoms. The molecule has 4 heteroatoms. The molecule has 4 aliphatic rings. The molecule has 0 N–H and O–H groups in total. The van der Waals surface area contributed by atoms with Gasteiger partial charge in [-0.1, -0.05) is 0 Å². The number of hydrogen-bond acceptors (Lipinski definition) is 4. The second kappa shape index (κ2) is 4.67. The van der Waals surface area contributed by atoms with Gasteiger partial charge in [0.1, 0.15) is 0 Å². The van der Waals surface area contributed by atoms with Crippen molar-refractivity contribution in [2.75, 3.05) is 13.2 Å². The van der Waals surface area contributed by atoms with Crippen molar-refractivity contribution < 1.29 is 18.9 Å². The fourth-order valence-corrected chi connectivity index (χ4v) is 3.83. The summed E-state index contributed by atoms with van der Waals surface area (Å²) in [5.41, 5.74) is 0.0694. The second-order valence-electron chi connectivity index (χ2n) is 7.66. The smallest absolute Gasteiger partial charge is 0.166 e. The molecule has 4 atom stereocenters. The molecule has 0 spiro atoms. The summed E-state index contributed by atoms with van der Waals surface area (Å²) in [5.74, 6) is -0.486. The van der Waals surface area contributed by atoms with E-state index in [2.05, 4.69) is 13.8 Å². The molecule has 4 nitrogen and oxygen atoms in total. The quantitative estimate of drug-likeness (QED) is 0.683. The number of hydrogen-bond donors (Lipinski definition) is 0. The Morgan fingerprint density at radius 3 is 1.30 bits per heavy atom. The van der Waals surface area contributed by atoms with Crippen LogP contribution in [0.1, 0.15) is 66.2 Å². The lowest BCUT2D eigenvalue weighted by Gasteiger charge is -2.32. The van der Waals surface area contributed by atoms with Crippen LogP contribution in [0.2, 0.25) is 0 Å². The summed E-state index contributed by atoms with van der Waals surface area (Å²) in [6, 6.07) is 0. The van der Waals surface area contributed by atoms with Crippen LogP contribution in [0.25, 0.3) is 0 Å². The fraction of sp³-hybridized carbons (Fsp3) is 1.00. The first-order valence-electron chi connectivity index (χ1n) is 7.92. The van der Waals surface area contributed by atoms with Gasteiger partial charge in [0.25, 0.3) is 0 Å². The van der Waals surface area contributed by atoms with Gasteiger partial charge in [0, 0.05) is 12.8 Å². The zero-order valence-electron chi connectivity index (χ0n) is 13.3. The first-order chi connectivity index (χ1) is 9.24. The summed E-state index contributed by atoms with van der Waals surface area (Å²) >= 11 is 0. The molecular weight excluding hydrogens is 256 g/mol. The average molecular weight is 284 g/mol. The van der Waals surface area contributed by atoms with Crippen molar-refractivity contribution in [2.24, 2.45) is 0 Å². The van der Waals surface area contributed by atoms with E-state index in [1.165, 1.54) is 12.8 Å². The molecule has 0 aromatic heterocycles. The van der Waals surface area contributed by atoms with Gasteiger partial charge in [-0.05, 0) is 53.4 Å². The van der Waals surface area contributed by atoms with Gasteiger partial charge in [-0.15, -0.1) is 0 Å². The Labute approximate surface area is 122 Å². The van der Waals surface area contributed by atoms with Crippen LogP contribution >= 0.6 is 0 Å². The van der Waals surface area contributed by atoms with Crippen LogP contribution in [0.4, 0.5) is 0 Å². The summed E-state index contributed by atoms with van der Waals surface area (Å²) < 4.78 is 22.6. The Kier molecular flexibility index (Phi) is 3.45. The third-order valence-corrected chi connectivity index (χ3v) is 4.96. The van der Waals surface area contributed by atoms with Gasteiger partial charge in [-0.2, -0.15) is 0 Å². The monoisotopic (exact) mass is 284 g/mol. The van der Waals surface area contributed by atoms with E-state index >= 15 is 0 Å². The number of rotatable bonds is 0. The van der Waals surface area contributed by atoms with E-state index < -0.39 is 0 Å². The minimum Gasteiger partial charge on any atom is -0.347 e. The lowest BCUT2D eigenvalue weighted by atomic mass is 9.96. The van der Waals surface area contributed by atoms with E-state index in [4.69, 9.17) is 18.9 Å². The summed E-state index contributed by atoms with van der Waals surface area (Å²) in [6.45, 7) is 9.91. The molecule has 20 heavy (non-hydrogen) atoms. The van der Waals surface area contributed by atoms with Crippen molar-refractivity contribution in [3.05, 3.63) is 0 Å². The van der Waals surface area contributed by atoms with Crippen molar-refractivity contribution in [3.8, 4) is 0 Å². The van der Waals surface area contributed by atoms with Crippen LogP contribution in [-0.2, 0) is 18.9 Å². The third-order valence-electron chi connectivity index (χ3n) is 4.96. The summed E-state index contributed by atoms with van der Waals surface area (Å²) in [6.07, 6.45) is 6.91. The van der Waals surface area contributed by atoms with Crippen LogP contribution < -0.4 is 0 Å².